The van der Waals surface area contributed by atoms with Crippen molar-refractivity contribution in [3.63, 3.8) is 0 Å². The molecule has 1 heterocycles. The highest BCUT2D eigenvalue weighted by atomic mass is 32.1. The lowest BCUT2D eigenvalue weighted by Crippen LogP contribution is -2.06. The number of thiophene rings is 1. The SMILES string of the molecule is COCCOc1csc2c1-c1c(ccc(F)c1F)C(O)c1ccccc1-2. The molecule has 0 bridgehead atoms. The Morgan fingerprint density at radius 2 is 1.85 bits per heavy atom. The fraction of sp³-hybridized carbons (Fsp3) is 0.200. The number of aliphatic hydroxyl groups excluding tert-OH is 1. The lowest BCUT2D eigenvalue weighted by molar-refractivity contribution is 0.147. The van der Waals surface area contributed by atoms with Crippen LogP contribution in [0.4, 0.5) is 8.78 Å². The van der Waals surface area contributed by atoms with Gasteiger partial charge in [0.2, 0.25) is 0 Å². The van der Waals surface area contributed by atoms with Crippen LogP contribution in [-0.2, 0) is 4.74 Å². The first kappa shape index (κ1) is 17.1. The van der Waals surface area contributed by atoms with Gasteiger partial charge in [-0.05, 0) is 22.8 Å². The summed E-state index contributed by atoms with van der Waals surface area (Å²) in [5, 5.41) is 12.6. The van der Waals surface area contributed by atoms with Gasteiger partial charge in [0.05, 0.1) is 6.61 Å². The van der Waals surface area contributed by atoms with Crippen LogP contribution in [0.25, 0.3) is 21.6 Å². The molecule has 0 spiro atoms. The molecular formula is C20H16F2O3S. The Morgan fingerprint density at radius 3 is 2.65 bits per heavy atom. The average molecular weight is 374 g/mol. The number of methoxy groups -OCH3 is 1. The van der Waals surface area contributed by atoms with Crippen LogP contribution in [0.2, 0.25) is 0 Å². The molecule has 3 nitrogen and oxygen atoms in total. The molecule has 3 aromatic rings. The molecule has 1 unspecified atom stereocenters. The van der Waals surface area contributed by atoms with Gasteiger partial charge in [-0.25, -0.2) is 8.78 Å². The Kier molecular flexibility index (Phi) is 4.48. The van der Waals surface area contributed by atoms with Gasteiger partial charge in [-0.15, -0.1) is 11.3 Å². The predicted molar refractivity (Wildman–Crippen MR) is 96.5 cm³/mol. The third-order valence-corrected chi connectivity index (χ3v) is 5.47. The summed E-state index contributed by atoms with van der Waals surface area (Å²) in [6, 6.07) is 9.81. The summed E-state index contributed by atoms with van der Waals surface area (Å²) in [6.07, 6.45) is -1.05. The third kappa shape index (κ3) is 2.61. The van der Waals surface area contributed by atoms with Crippen LogP contribution >= 0.6 is 11.3 Å². The molecular weight excluding hydrogens is 358 g/mol. The van der Waals surface area contributed by atoms with Gasteiger partial charge in [-0.1, -0.05) is 30.3 Å². The van der Waals surface area contributed by atoms with E-state index in [2.05, 4.69) is 0 Å². The Morgan fingerprint density at radius 1 is 1.04 bits per heavy atom. The van der Waals surface area contributed by atoms with E-state index in [4.69, 9.17) is 9.47 Å². The summed E-state index contributed by atoms with van der Waals surface area (Å²) < 4.78 is 39.6. The lowest BCUT2D eigenvalue weighted by atomic mass is 9.95. The smallest absolute Gasteiger partial charge is 0.167 e. The Hall–Kier alpha value is -2.28. The second-order valence-electron chi connectivity index (χ2n) is 5.96. The molecule has 0 saturated heterocycles. The zero-order chi connectivity index (χ0) is 18.3. The fourth-order valence-corrected chi connectivity index (χ4v) is 4.32. The highest BCUT2D eigenvalue weighted by Gasteiger charge is 2.32. The Labute approximate surface area is 153 Å². The van der Waals surface area contributed by atoms with Crippen molar-refractivity contribution >= 4 is 11.3 Å². The topological polar surface area (TPSA) is 38.7 Å². The summed E-state index contributed by atoms with van der Waals surface area (Å²) in [7, 11) is 1.56. The van der Waals surface area contributed by atoms with Gasteiger partial charge < -0.3 is 14.6 Å². The number of hydrogen-bond donors (Lipinski definition) is 1. The first-order chi connectivity index (χ1) is 12.6. The van der Waals surface area contributed by atoms with Crippen LogP contribution in [-0.4, -0.2) is 25.4 Å². The minimum atomic E-state index is -1.05. The van der Waals surface area contributed by atoms with Crippen LogP contribution in [0.5, 0.6) is 5.75 Å². The molecule has 1 aromatic heterocycles. The summed E-state index contributed by atoms with van der Waals surface area (Å²) in [5.74, 6) is -1.48. The highest BCUT2D eigenvalue weighted by Crippen LogP contribution is 2.52. The maximum Gasteiger partial charge on any atom is 0.167 e. The minimum absolute atomic E-state index is 0.0531. The van der Waals surface area contributed by atoms with E-state index in [-0.39, 0.29) is 12.2 Å². The Balaban J connectivity index is 2.01. The van der Waals surface area contributed by atoms with Crippen molar-refractivity contribution in [3.05, 3.63) is 64.5 Å². The molecule has 0 fully saturated rings. The number of fused-ring (bicyclic) bond motifs is 5. The van der Waals surface area contributed by atoms with E-state index in [1.807, 2.05) is 18.2 Å². The maximum atomic E-state index is 14.8. The largest absolute Gasteiger partial charge is 0.490 e. The van der Waals surface area contributed by atoms with Crippen molar-refractivity contribution in [1.29, 1.82) is 0 Å². The van der Waals surface area contributed by atoms with Gasteiger partial charge in [0.1, 0.15) is 18.5 Å². The van der Waals surface area contributed by atoms with E-state index in [1.54, 1.807) is 18.6 Å². The second-order valence-corrected chi connectivity index (χ2v) is 6.84. The number of aliphatic hydroxyl groups is 1. The number of halogens is 2. The van der Waals surface area contributed by atoms with Crippen molar-refractivity contribution in [2.75, 3.05) is 20.3 Å². The normalized spacial score (nSPS) is 15.0. The predicted octanol–water partition coefficient (Wildman–Crippen LogP) is 4.78. The molecule has 1 aliphatic rings. The van der Waals surface area contributed by atoms with Gasteiger partial charge in [0, 0.05) is 28.5 Å². The summed E-state index contributed by atoms with van der Waals surface area (Å²) in [4.78, 5) is 0.746. The summed E-state index contributed by atoms with van der Waals surface area (Å²) >= 11 is 1.38. The van der Waals surface area contributed by atoms with Crippen molar-refractivity contribution in [1.82, 2.24) is 0 Å². The molecule has 1 atom stereocenters. The van der Waals surface area contributed by atoms with Crippen molar-refractivity contribution in [3.8, 4) is 27.3 Å². The molecule has 0 amide bonds. The number of benzene rings is 2. The molecule has 2 aromatic carbocycles. The zero-order valence-electron chi connectivity index (χ0n) is 14.0. The van der Waals surface area contributed by atoms with E-state index in [1.165, 1.54) is 17.4 Å². The lowest BCUT2D eigenvalue weighted by Gasteiger charge is -2.16. The van der Waals surface area contributed by atoms with Crippen molar-refractivity contribution < 1.29 is 23.4 Å². The van der Waals surface area contributed by atoms with Crippen LogP contribution in [0.15, 0.2) is 41.8 Å². The average Bonchev–Trinajstić information content (AvgIpc) is 3.02. The highest BCUT2D eigenvalue weighted by molar-refractivity contribution is 7.14. The summed E-state index contributed by atoms with van der Waals surface area (Å²) in [6.45, 7) is 0.665. The fourth-order valence-electron chi connectivity index (χ4n) is 3.28. The molecule has 4 rings (SSSR count). The van der Waals surface area contributed by atoms with Crippen LogP contribution in [0.3, 0.4) is 0 Å². The van der Waals surface area contributed by atoms with E-state index >= 15 is 0 Å². The third-order valence-electron chi connectivity index (χ3n) is 4.47. The number of ether oxygens (including phenoxy) is 2. The maximum absolute atomic E-state index is 14.8. The van der Waals surface area contributed by atoms with E-state index < -0.39 is 17.7 Å². The molecule has 26 heavy (non-hydrogen) atoms. The van der Waals surface area contributed by atoms with Gasteiger partial charge in [0.15, 0.2) is 11.6 Å². The number of hydrogen-bond acceptors (Lipinski definition) is 4. The van der Waals surface area contributed by atoms with Crippen LogP contribution < -0.4 is 4.74 Å². The first-order valence-electron chi connectivity index (χ1n) is 8.12. The van der Waals surface area contributed by atoms with Gasteiger partial charge >= 0.3 is 0 Å². The van der Waals surface area contributed by atoms with Crippen LogP contribution in [0, 0.1) is 11.6 Å². The molecule has 0 radical (unpaired) electrons. The van der Waals surface area contributed by atoms with E-state index in [0.29, 0.717) is 29.0 Å². The summed E-state index contributed by atoms with van der Waals surface area (Å²) in [5.41, 5.74) is 2.30. The Bertz CT molecular complexity index is 968. The molecule has 0 saturated carbocycles. The molecule has 6 heteroatoms. The molecule has 134 valence electrons. The van der Waals surface area contributed by atoms with E-state index in [0.717, 1.165) is 16.5 Å². The quantitative estimate of drug-likeness (QED) is 0.668. The van der Waals surface area contributed by atoms with Crippen LogP contribution in [0.1, 0.15) is 17.2 Å². The van der Waals surface area contributed by atoms with Crippen molar-refractivity contribution in [2.45, 2.75) is 6.10 Å². The van der Waals surface area contributed by atoms with Gasteiger partial charge in [0.25, 0.3) is 0 Å². The zero-order valence-corrected chi connectivity index (χ0v) is 14.8. The standard InChI is InChI=1S/C20H16F2O3S/c1-24-8-9-25-15-10-26-20-12-5-3-2-4-11(12)19(23)13-6-7-14(21)18(22)16(13)17(15)20/h2-7,10,19,23H,8-9H2,1H3. The van der Waals surface area contributed by atoms with E-state index in [9.17, 15) is 13.9 Å². The number of rotatable bonds is 4. The molecule has 1 N–H and O–H groups in total. The molecule has 1 aliphatic carbocycles. The van der Waals surface area contributed by atoms with Gasteiger partial charge in [-0.3, -0.25) is 0 Å². The molecule has 0 aliphatic heterocycles. The van der Waals surface area contributed by atoms with Gasteiger partial charge in [-0.2, -0.15) is 0 Å². The minimum Gasteiger partial charge on any atom is -0.490 e. The monoisotopic (exact) mass is 374 g/mol. The second kappa shape index (κ2) is 6.79. The first-order valence-corrected chi connectivity index (χ1v) is 9.00. The van der Waals surface area contributed by atoms with Crippen molar-refractivity contribution in [2.24, 2.45) is 0 Å².